The fourth-order valence-electron chi connectivity index (χ4n) is 4.01. The fourth-order valence-corrected chi connectivity index (χ4v) is 4.17. The molecule has 8 heteroatoms. The van der Waals surface area contributed by atoms with Gasteiger partial charge in [-0.3, -0.25) is 4.79 Å². The van der Waals surface area contributed by atoms with Crippen LogP contribution in [0.3, 0.4) is 0 Å². The van der Waals surface area contributed by atoms with Gasteiger partial charge in [0, 0.05) is 32.4 Å². The normalized spacial score (nSPS) is 19.0. The van der Waals surface area contributed by atoms with Crippen LogP contribution in [0.5, 0.6) is 5.75 Å². The number of aromatic nitrogens is 2. The number of pyridine rings is 1. The topological polar surface area (TPSA) is 68.1 Å². The molecule has 31 heavy (non-hydrogen) atoms. The van der Waals surface area contributed by atoms with E-state index < -0.39 is 0 Å². The number of halogens is 1. The van der Waals surface area contributed by atoms with E-state index >= 15 is 0 Å². The smallest absolute Gasteiger partial charge is 0.274 e. The number of carbonyl (C=O) groups is 1. The van der Waals surface area contributed by atoms with Crippen molar-refractivity contribution >= 4 is 23.2 Å². The van der Waals surface area contributed by atoms with E-state index in [2.05, 4.69) is 10.3 Å². The van der Waals surface area contributed by atoms with E-state index in [1.807, 2.05) is 53.5 Å². The van der Waals surface area contributed by atoms with E-state index in [9.17, 15) is 4.79 Å². The number of nitrogens with zero attached hydrogens (tertiary/aromatic N) is 3. The van der Waals surface area contributed by atoms with Gasteiger partial charge < -0.3 is 24.1 Å². The number of amides is 1. The Morgan fingerprint density at radius 2 is 2.00 bits per heavy atom. The number of methoxy groups -OCH3 is 1. The van der Waals surface area contributed by atoms with Crippen molar-refractivity contribution in [3.05, 3.63) is 64.6 Å². The van der Waals surface area contributed by atoms with Crippen LogP contribution in [-0.4, -0.2) is 52.6 Å². The molecule has 1 amide bonds. The highest BCUT2D eigenvalue weighted by Crippen LogP contribution is 2.21. The van der Waals surface area contributed by atoms with Crippen LogP contribution in [0, 0.1) is 0 Å². The molecule has 1 aromatic carbocycles. The molecule has 0 aliphatic carbocycles. The number of morpholine rings is 1. The molecular formula is C23H27ClN4O3. The zero-order chi connectivity index (χ0) is 22.0. The van der Waals surface area contributed by atoms with Crippen LogP contribution in [0.1, 0.15) is 35.6 Å². The molecule has 0 radical (unpaired) electrons. The molecule has 1 fully saturated rings. The number of rotatable bonds is 6. The summed E-state index contributed by atoms with van der Waals surface area (Å²) in [6, 6.07) is 11.5. The summed E-state index contributed by atoms with van der Waals surface area (Å²) in [7, 11) is 1.65. The number of imidazole rings is 1. The first-order valence-corrected chi connectivity index (χ1v) is 10.8. The molecule has 0 saturated carbocycles. The van der Waals surface area contributed by atoms with Crippen molar-refractivity contribution in [1.82, 2.24) is 19.6 Å². The summed E-state index contributed by atoms with van der Waals surface area (Å²) in [6.45, 7) is 6.16. The van der Waals surface area contributed by atoms with E-state index in [0.29, 0.717) is 42.5 Å². The van der Waals surface area contributed by atoms with Gasteiger partial charge in [0.25, 0.3) is 5.91 Å². The van der Waals surface area contributed by atoms with E-state index in [1.54, 1.807) is 19.4 Å². The van der Waals surface area contributed by atoms with Crippen molar-refractivity contribution in [2.45, 2.75) is 39.1 Å². The monoisotopic (exact) mass is 442 g/mol. The molecule has 3 aromatic rings. The van der Waals surface area contributed by atoms with Crippen molar-refractivity contribution < 1.29 is 14.3 Å². The fraction of sp³-hybridized carbons (Fsp3) is 0.391. The zero-order valence-corrected chi connectivity index (χ0v) is 18.7. The highest BCUT2D eigenvalue weighted by atomic mass is 35.5. The van der Waals surface area contributed by atoms with Crippen molar-refractivity contribution in [2.75, 3.05) is 20.2 Å². The summed E-state index contributed by atoms with van der Waals surface area (Å²) in [6.07, 6.45) is 1.79. The Morgan fingerprint density at radius 1 is 1.23 bits per heavy atom. The molecule has 1 saturated heterocycles. The van der Waals surface area contributed by atoms with Crippen LogP contribution in [0.25, 0.3) is 5.65 Å². The maximum atomic E-state index is 13.4. The molecule has 1 N–H and O–H groups in total. The Bertz CT molecular complexity index is 1070. The van der Waals surface area contributed by atoms with E-state index in [1.165, 1.54) is 0 Å². The summed E-state index contributed by atoms with van der Waals surface area (Å²) < 4.78 is 13.0. The van der Waals surface area contributed by atoms with Gasteiger partial charge in [0.1, 0.15) is 11.4 Å². The lowest BCUT2D eigenvalue weighted by Gasteiger charge is -2.35. The number of hydrogen-bond acceptors (Lipinski definition) is 5. The molecule has 1 aliphatic heterocycles. The van der Waals surface area contributed by atoms with Crippen molar-refractivity contribution in [1.29, 1.82) is 0 Å². The van der Waals surface area contributed by atoms with Gasteiger partial charge in [-0.1, -0.05) is 23.7 Å². The number of benzene rings is 1. The molecule has 0 spiro atoms. The second-order valence-electron chi connectivity index (χ2n) is 7.91. The Hall–Kier alpha value is -2.61. The summed E-state index contributed by atoms with van der Waals surface area (Å²) in [4.78, 5) is 19.9. The first-order chi connectivity index (χ1) is 14.9. The Labute approximate surface area is 186 Å². The third-order valence-corrected chi connectivity index (χ3v) is 5.57. The number of nitrogens with one attached hydrogen (secondary N) is 1. The molecule has 164 valence electrons. The maximum absolute atomic E-state index is 13.4. The Balaban J connectivity index is 1.59. The molecular weight excluding hydrogens is 416 g/mol. The third-order valence-electron chi connectivity index (χ3n) is 5.35. The van der Waals surface area contributed by atoms with Crippen molar-refractivity contribution in [3.63, 3.8) is 0 Å². The Kier molecular flexibility index (Phi) is 6.46. The van der Waals surface area contributed by atoms with Crippen LogP contribution in [0.2, 0.25) is 5.02 Å². The SMILES string of the molecule is COc1cccc(CNCc2c(C(=O)N3C[C@@H](C)O[C@@H](C)C3)nc3ccc(Cl)cn23)c1. The molecule has 0 bridgehead atoms. The number of fused-ring (bicyclic) bond motifs is 1. The third kappa shape index (κ3) is 4.84. The van der Waals surface area contributed by atoms with Crippen LogP contribution in [0.4, 0.5) is 0 Å². The average Bonchev–Trinajstić information content (AvgIpc) is 3.10. The Morgan fingerprint density at radius 3 is 2.74 bits per heavy atom. The predicted molar refractivity (Wildman–Crippen MR) is 120 cm³/mol. The number of ether oxygens (including phenoxy) is 2. The van der Waals surface area contributed by atoms with Gasteiger partial charge in [-0.15, -0.1) is 0 Å². The van der Waals surface area contributed by atoms with Gasteiger partial charge in [0.15, 0.2) is 5.69 Å². The molecule has 0 unspecified atom stereocenters. The molecule has 2 aromatic heterocycles. The van der Waals surface area contributed by atoms with Gasteiger partial charge in [-0.2, -0.15) is 0 Å². The minimum Gasteiger partial charge on any atom is -0.497 e. The van der Waals surface area contributed by atoms with Crippen molar-refractivity contribution in [2.24, 2.45) is 0 Å². The van der Waals surface area contributed by atoms with E-state index in [0.717, 1.165) is 17.0 Å². The molecule has 7 nitrogen and oxygen atoms in total. The lowest BCUT2D eigenvalue weighted by atomic mass is 10.2. The first kappa shape index (κ1) is 21.6. The van der Waals surface area contributed by atoms with Crippen LogP contribution >= 0.6 is 11.6 Å². The van der Waals surface area contributed by atoms with Crippen LogP contribution in [-0.2, 0) is 17.8 Å². The quantitative estimate of drug-likeness (QED) is 0.632. The molecule has 3 heterocycles. The summed E-state index contributed by atoms with van der Waals surface area (Å²) in [5.41, 5.74) is 3.02. The lowest BCUT2D eigenvalue weighted by molar-refractivity contribution is -0.0587. The zero-order valence-electron chi connectivity index (χ0n) is 18.0. The highest BCUT2D eigenvalue weighted by molar-refractivity contribution is 6.30. The summed E-state index contributed by atoms with van der Waals surface area (Å²) in [5, 5.41) is 4.02. The van der Waals surface area contributed by atoms with Gasteiger partial charge in [-0.05, 0) is 43.7 Å². The minimum absolute atomic E-state index is 0.00573. The average molecular weight is 443 g/mol. The standard InChI is InChI=1S/C23H27ClN4O3/c1-15-12-27(13-16(2)31-15)23(29)22-20(28-14-18(24)7-8-21(28)26-22)11-25-10-17-5-4-6-19(9-17)30-3/h4-9,14-16,25H,10-13H2,1-3H3/t15-,16+. The van der Waals surface area contributed by atoms with Gasteiger partial charge in [0.05, 0.1) is 30.0 Å². The molecule has 4 rings (SSSR count). The van der Waals surface area contributed by atoms with E-state index in [4.69, 9.17) is 21.1 Å². The minimum atomic E-state index is -0.0833. The second kappa shape index (κ2) is 9.26. The first-order valence-electron chi connectivity index (χ1n) is 10.4. The lowest BCUT2D eigenvalue weighted by Crippen LogP contribution is -2.48. The van der Waals surface area contributed by atoms with Gasteiger partial charge in [-0.25, -0.2) is 4.98 Å². The number of hydrogen-bond donors (Lipinski definition) is 1. The van der Waals surface area contributed by atoms with Gasteiger partial charge in [0.2, 0.25) is 0 Å². The largest absolute Gasteiger partial charge is 0.497 e. The van der Waals surface area contributed by atoms with E-state index in [-0.39, 0.29) is 18.1 Å². The number of carbonyl (C=O) groups excluding carboxylic acids is 1. The van der Waals surface area contributed by atoms with Gasteiger partial charge >= 0.3 is 0 Å². The second-order valence-corrected chi connectivity index (χ2v) is 8.34. The summed E-state index contributed by atoms with van der Waals surface area (Å²) >= 11 is 6.23. The molecule has 1 aliphatic rings. The maximum Gasteiger partial charge on any atom is 0.274 e. The van der Waals surface area contributed by atoms with Crippen LogP contribution < -0.4 is 10.1 Å². The predicted octanol–water partition coefficient (Wildman–Crippen LogP) is 3.54. The summed E-state index contributed by atoms with van der Waals surface area (Å²) in [5.74, 6) is 0.729. The van der Waals surface area contributed by atoms with Crippen LogP contribution in [0.15, 0.2) is 42.6 Å². The van der Waals surface area contributed by atoms with Crippen molar-refractivity contribution in [3.8, 4) is 5.75 Å². The highest BCUT2D eigenvalue weighted by Gasteiger charge is 2.30. The molecule has 2 atom stereocenters.